The lowest BCUT2D eigenvalue weighted by molar-refractivity contribution is 0.267. The van der Waals surface area contributed by atoms with E-state index in [1.807, 2.05) is 0 Å². The number of sulfonamides is 1. The Kier molecular flexibility index (Phi) is 4.04. The first-order chi connectivity index (χ1) is 8.47. The fourth-order valence-electron chi connectivity index (χ4n) is 2.35. The molecule has 1 fully saturated rings. The number of hydrogen-bond acceptors (Lipinski definition) is 3. The van der Waals surface area contributed by atoms with Crippen LogP contribution in [0.25, 0.3) is 0 Å². The average molecular weight is 268 g/mol. The van der Waals surface area contributed by atoms with Crippen LogP contribution in [0.4, 0.5) is 0 Å². The van der Waals surface area contributed by atoms with E-state index in [9.17, 15) is 8.42 Å². The molecule has 1 aliphatic rings. The standard InChI is InChI=1S/C13H20N2O2S/c1-11-3-5-12(6-4-11)9-13-10-14-7-8-15(13)18(2,16)17/h3-6,13-14H,7-10H2,1-2H3. The Morgan fingerprint density at radius 2 is 2.00 bits per heavy atom. The van der Waals surface area contributed by atoms with Crippen LogP contribution in [-0.2, 0) is 16.4 Å². The van der Waals surface area contributed by atoms with Crippen LogP contribution < -0.4 is 5.32 Å². The molecule has 0 amide bonds. The van der Waals surface area contributed by atoms with Gasteiger partial charge in [0.05, 0.1) is 6.26 Å². The van der Waals surface area contributed by atoms with Crippen LogP contribution in [0.1, 0.15) is 11.1 Å². The van der Waals surface area contributed by atoms with Crippen molar-refractivity contribution in [1.29, 1.82) is 0 Å². The molecule has 100 valence electrons. The molecule has 1 aromatic rings. The second-order valence-electron chi connectivity index (χ2n) is 4.92. The van der Waals surface area contributed by atoms with Crippen molar-refractivity contribution in [2.75, 3.05) is 25.9 Å². The Morgan fingerprint density at radius 1 is 1.33 bits per heavy atom. The zero-order valence-electron chi connectivity index (χ0n) is 10.9. The highest BCUT2D eigenvalue weighted by atomic mass is 32.2. The van der Waals surface area contributed by atoms with E-state index in [-0.39, 0.29) is 6.04 Å². The number of piperazine rings is 1. The highest BCUT2D eigenvalue weighted by molar-refractivity contribution is 7.88. The van der Waals surface area contributed by atoms with Crippen molar-refractivity contribution < 1.29 is 8.42 Å². The van der Waals surface area contributed by atoms with E-state index in [1.54, 1.807) is 4.31 Å². The molecule has 1 saturated heterocycles. The second-order valence-corrected chi connectivity index (χ2v) is 6.86. The molecule has 0 aliphatic carbocycles. The Bertz CT molecular complexity index is 496. The average Bonchev–Trinajstić information content (AvgIpc) is 2.31. The van der Waals surface area contributed by atoms with Crippen molar-refractivity contribution in [2.24, 2.45) is 0 Å². The fraction of sp³-hybridized carbons (Fsp3) is 0.538. The highest BCUT2D eigenvalue weighted by Gasteiger charge is 2.29. The zero-order chi connectivity index (χ0) is 13.2. The highest BCUT2D eigenvalue weighted by Crippen LogP contribution is 2.14. The van der Waals surface area contributed by atoms with Gasteiger partial charge in [0.1, 0.15) is 0 Å². The Labute approximate surface area is 109 Å². The van der Waals surface area contributed by atoms with Gasteiger partial charge in [-0.25, -0.2) is 8.42 Å². The molecular formula is C13H20N2O2S. The third-order valence-corrected chi connectivity index (χ3v) is 4.65. The maximum absolute atomic E-state index is 11.7. The fourth-order valence-corrected chi connectivity index (χ4v) is 3.46. The molecule has 0 saturated carbocycles. The Hall–Kier alpha value is -0.910. The van der Waals surface area contributed by atoms with E-state index in [0.717, 1.165) is 19.5 Å². The summed E-state index contributed by atoms with van der Waals surface area (Å²) in [6.45, 7) is 4.07. The van der Waals surface area contributed by atoms with Gasteiger partial charge in [0.2, 0.25) is 10.0 Å². The predicted molar refractivity (Wildman–Crippen MR) is 73.1 cm³/mol. The van der Waals surface area contributed by atoms with Gasteiger partial charge in [-0.2, -0.15) is 4.31 Å². The van der Waals surface area contributed by atoms with Crippen molar-refractivity contribution in [2.45, 2.75) is 19.4 Å². The first kappa shape index (κ1) is 13.5. The Morgan fingerprint density at radius 3 is 2.61 bits per heavy atom. The molecule has 1 aliphatic heterocycles. The largest absolute Gasteiger partial charge is 0.314 e. The van der Waals surface area contributed by atoms with Gasteiger partial charge in [-0.3, -0.25) is 0 Å². The molecule has 18 heavy (non-hydrogen) atoms. The Balaban J connectivity index is 2.13. The number of nitrogens with zero attached hydrogens (tertiary/aromatic N) is 1. The number of benzene rings is 1. The maximum Gasteiger partial charge on any atom is 0.211 e. The summed E-state index contributed by atoms with van der Waals surface area (Å²) in [5, 5.41) is 3.26. The lowest BCUT2D eigenvalue weighted by Crippen LogP contribution is -2.54. The normalized spacial score (nSPS) is 22.0. The maximum atomic E-state index is 11.7. The van der Waals surface area contributed by atoms with Gasteiger partial charge in [-0.05, 0) is 18.9 Å². The molecule has 2 rings (SSSR count). The van der Waals surface area contributed by atoms with Gasteiger partial charge in [0.15, 0.2) is 0 Å². The zero-order valence-corrected chi connectivity index (χ0v) is 11.7. The number of nitrogens with one attached hydrogen (secondary N) is 1. The third kappa shape index (κ3) is 3.31. The number of aryl methyl sites for hydroxylation is 1. The van der Waals surface area contributed by atoms with Gasteiger partial charge >= 0.3 is 0 Å². The second kappa shape index (κ2) is 5.38. The summed E-state index contributed by atoms with van der Waals surface area (Å²) in [6, 6.07) is 8.30. The number of rotatable bonds is 3. The molecule has 0 aromatic heterocycles. The lowest BCUT2D eigenvalue weighted by atomic mass is 10.0. The van der Waals surface area contributed by atoms with Crippen molar-refractivity contribution >= 4 is 10.0 Å². The van der Waals surface area contributed by atoms with Crippen LogP contribution in [-0.4, -0.2) is 44.7 Å². The first-order valence-corrected chi connectivity index (χ1v) is 8.05. The van der Waals surface area contributed by atoms with Crippen LogP contribution >= 0.6 is 0 Å². The van der Waals surface area contributed by atoms with Crippen LogP contribution in [0.2, 0.25) is 0 Å². The molecule has 0 radical (unpaired) electrons. The monoisotopic (exact) mass is 268 g/mol. The van der Waals surface area contributed by atoms with Crippen LogP contribution in [0.15, 0.2) is 24.3 Å². The molecule has 4 nitrogen and oxygen atoms in total. The summed E-state index contributed by atoms with van der Waals surface area (Å²) in [6.07, 6.45) is 2.06. The minimum absolute atomic E-state index is 0.0245. The molecule has 1 heterocycles. The van der Waals surface area contributed by atoms with Gasteiger partial charge in [0, 0.05) is 25.7 Å². The van der Waals surface area contributed by atoms with Crippen LogP contribution in [0.5, 0.6) is 0 Å². The molecule has 1 atom stereocenters. The van der Waals surface area contributed by atoms with Crippen LogP contribution in [0, 0.1) is 6.92 Å². The molecule has 5 heteroatoms. The summed E-state index contributed by atoms with van der Waals surface area (Å²) < 4.78 is 25.1. The number of hydrogen-bond donors (Lipinski definition) is 1. The van der Waals surface area contributed by atoms with E-state index in [4.69, 9.17) is 0 Å². The third-order valence-electron chi connectivity index (χ3n) is 3.31. The van der Waals surface area contributed by atoms with E-state index < -0.39 is 10.0 Å². The summed E-state index contributed by atoms with van der Waals surface area (Å²) in [5.41, 5.74) is 2.41. The molecular weight excluding hydrogens is 248 g/mol. The predicted octanol–water partition coefficient (Wildman–Crippen LogP) is 0.771. The van der Waals surface area contributed by atoms with Gasteiger partial charge in [-0.15, -0.1) is 0 Å². The quantitative estimate of drug-likeness (QED) is 0.881. The van der Waals surface area contributed by atoms with Crippen molar-refractivity contribution in [3.05, 3.63) is 35.4 Å². The van der Waals surface area contributed by atoms with E-state index in [0.29, 0.717) is 6.54 Å². The molecule has 0 bridgehead atoms. The van der Waals surface area contributed by atoms with Gasteiger partial charge in [0.25, 0.3) is 0 Å². The summed E-state index contributed by atoms with van der Waals surface area (Å²) in [4.78, 5) is 0. The minimum Gasteiger partial charge on any atom is -0.314 e. The van der Waals surface area contributed by atoms with Crippen LogP contribution in [0.3, 0.4) is 0 Å². The topological polar surface area (TPSA) is 49.4 Å². The summed E-state index contributed by atoms with van der Waals surface area (Å²) >= 11 is 0. The molecule has 1 aromatic carbocycles. The molecule has 1 unspecified atom stereocenters. The molecule has 1 N–H and O–H groups in total. The smallest absolute Gasteiger partial charge is 0.211 e. The minimum atomic E-state index is -3.11. The van der Waals surface area contributed by atoms with Gasteiger partial charge < -0.3 is 5.32 Å². The van der Waals surface area contributed by atoms with Crippen molar-refractivity contribution in [1.82, 2.24) is 9.62 Å². The van der Waals surface area contributed by atoms with Crippen molar-refractivity contribution in [3.63, 3.8) is 0 Å². The van der Waals surface area contributed by atoms with E-state index in [2.05, 4.69) is 36.5 Å². The van der Waals surface area contributed by atoms with Gasteiger partial charge in [-0.1, -0.05) is 29.8 Å². The first-order valence-electron chi connectivity index (χ1n) is 6.20. The van der Waals surface area contributed by atoms with Crippen molar-refractivity contribution in [3.8, 4) is 0 Å². The van der Waals surface area contributed by atoms with E-state index in [1.165, 1.54) is 17.4 Å². The SMILES string of the molecule is Cc1ccc(CC2CNCCN2S(C)(=O)=O)cc1. The molecule has 0 spiro atoms. The summed E-state index contributed by atoms with van der Waals surface area (Å²) in [7, 11) is -3.11. The lowest BCUT2D eigenvalue weighted by Gasteiger charge is -2.34. The summed E-state index contributed by atoms with van der Waals surface area (Å²) in [5.74, 6) is 0. The van der Waals surface area contributed by atoms with E-state index >= 15 is 0 Å².